The fourth-order valence-electron chi connectivity index (χ4n) is 2.45. The number of carboxylic acids is 1. The van der Waals surface area contributed by atoms with Crippen molar-refractivity contribution in [2.45, 2.75) is 45.6 Å². The predicted octanol–water partition coefficient (Wildman–Crippen LogP) is 1.71. The van der Waals surface area contributed by atoms with Crippen molar-refractivity contribution in [3.63, 3.8) is 0 Å². The number of aliphatic carboxylic acids is 1. The van der Waals surface area contributed by atoms with Gasteiger partial charge in [0.2, 0.25) is 11.8 Å². The highest BCUT2D eigenvalue weighted by atomic mass is 16.4. The molecule has 0 atom stereocenters. The van der Waals surface area contributed by atoms with Crippen molar-refractivity contribution in [3.05, 3.63) is 11.8 Å². The minimum atomic E-state index is -0.694. The Balaban J connectivity index is 1.72. The first-order chi connectivity index (χ1) is 9.17. The largest absolute Gasteiger partial charge is 0.481 e. The molecule has 1 aliphatic rings. The second-order valence-electron chi connectivity index (χ2n) is 5.10. The number of carbonyl (C=O) groups is 1. The highest BCUT2D eigenvalue weighted by Crippen LogP contribution is 2.22. The maximum atomic E-state index is 10.5. The van der Waals surface area contributed by atoms with Crippen LogP contribution in [-0.2, 0) is 17.8 Å². The van der Waals surface area contributed by atoms with Gasteiger partial charge in [0, 0.05) is 12.8 Å². The second kappa shape index (κ2) is 6.65. The van der Waals surface area contributed by atoms with E-state index in [-0.39, 0.29) is 6.42 Å². The number of hydrogen-bond acceptors (Lipinski definition) is 5. The summed E-state index contributed by atoms with van der Waals surface area (Å²) in [6.45, 7) is 4.66. The van der Waals surface area contributed by atoms with Crippen molar-refractivity contribution >= 4 is 5.97 Å². The SMILES string of the molecule is CCc1nnc(CN2CCC(CCC(=O)O)CC2)o1. The fraction of sp³-hybridized carbons (Fsp3) is 0.769. The van der Waals surface area contributed by atoms with Crippen LogP contribution < -0.4 is 0 Å². The molecule has 1 aliphatic heterocycles. The number of likely N-dealkylation sites (tertiary alicyclic amines) is 1. The lowest BCUT2D eigenvalue weighted by Gasteiger charge is -2.30. The third kappa shape index (κ3) is 4.31. The van der Waals surface area contributed by atoms with E-state index in [0.717, 1.165) is 38.8 Å². The van der Waals surface area contributed by atoms with Crippen LogP contribution in [0.2, 0.25) is 0 Å². The molecule has 6 heteroatoms. The van der Waals surface area contributed by atoms with Crippen LogP contribution >= 0.6 is 0 Å². The molecule has 106 valence electrons. The lowest BCUT2D eigenvalue weighted by Crippen LogP contribution is -2.33. The van der Waals surface area contributed by atoms with Gasteiger partial charge in [0.05, 0.1) is 6.54 Å². The summed E-state index contributed by atoms with van der Waals surface area (Å²) in [5.41, 5.74) is 0. The number of piperidine rings is 1. The number of aromatic nitrogens is 2. The average Bonchev–Trinajstić information content (AvgIpc) is 2.85. The molecule has 1 fully saturated rings. The Kier molecular flexibility index (Phi) is 4.90. The van der Waals surface area contributed by atoms with Gasteiger partial charge < -0.3 is 9.52 Å². The summed E-state index contributed by atoms with van der Waals surface area (Å²) in [5, 5.41) is 16.7. The van der Waals surface area contributed by atoms with E-state index in [9.17, 15) is 4.79 Å². The Morgan fingerprint density at radius 3 is 2.63 bits per heavy atom. The van der Waals surface area contributed by atoms with E-state index < -0.39 is 5.97 Å². The van der Waals surface area contributed by atoms with E-state index in [1.54, 1.807) is 0 Å². The summed E-state index contributed by atoms with van der Waals surface area (Å²) in [5.74, 6) is 1.22. The molecule has 0 radical (unpaired) electrons. The summed E-state index contributed by atoms with van der Waals surface area (Å²) in [7, 11) is 0. The maximum Gasteiger partial charge on any atom is 0.303 e. The minimum absolute atomic E-state index is 0.286. The van der Waals surface area contributed by atoms with Crippen LogP contribution in [0.3, 0.4) is 0 Å². The molecule has 0 bridgehead atoms. The molecule has 0 amide bonds. The van der Waals surface area contributed by atoms with Crippen molar-refractivity contribution in [2.24, 2.45) is 5.92 Å². The van der Waals surface area contributed by atoms with Gasteiger partial charge in [0.15, 0.2) is 0 Å². The predicted molar refractivity (Wildman–Crippen MR) is 68.5 cm³/mol. The van der Waals surface area contributed by atoms with E-state index in [4.69, 9.17) is 9.52 Å². The van der Waals surface area contributed by atoms with Gasteiger partial charge in [-0.15, -0.1) is 10.2 Å². The first-order valence-corrected chi connectivity index (χ1v) is 6.92. The number of aryl methyl sites for hydroxylation is 1. The Morgan fingerprint density at radius 2 is 2.05 bits per heavy atom. The van der Waals surface area contributed by atoms with Crippen LogP contribution in [0.25, 0.3) is 0 Å². The van der Waals surface area contributed by atoms with E-state index in [1.165, 1.54) is 0 Å². The third-order valence-corrected chi connectivity index (χ3v) is 3.64. The summed E-state index contributed by atoms with van der Waals surface area (Å²) in [6.07, 6.45) is 3.96. The molecule has 0 spiro atoms. The van der Waals surface area contributed by atoms with Crippen LogP contribution in [0.4, 0.5) is 0 Å². The normalized spacial score (nSPS) is 17.7. The van der Waals surface area contributed by atoms with Crippen molar-refractivity contribution in [1.82, 2.24) is 15.1 Å². The molecule has 1 N–H and O–H groups in total. The molecule has 1 aromatic rings. The van der Waals surface area contributed by atoms with Crippen LogP contribution in [0, 0.1) is 5.92 Å². The Labute approximate surface area is 112 Å². The molecule has 1 aromatic heterocycles. The molecule has 0 aromatic carbocycles. The van der Waals surface area contributed by atoms with Crippen LogP contribution in [0.15, 0.2) is 4.42 Å². The number of rotatable bonds is 6. The third-order valence-electron chi connectivity index (χ3n) is 3.64. The Morgan fingerprint density at radius 1 is 1.37 bits per heavy atom. The smallest absolute Gasteiger partial charge is 0.303 e. The van der Waals surface area contributed by atoms with Gasteiger partial charge in [-0.3, -0.25) is 9.69 Å². The quantitative estimate of drug-likeness (QED) is 0.845. The van der Waals surface area contributed by atoms with Crippen LogP contribution in [0.1, 0.15) is 44.4 Å². The monoisotopic (exact) mass is 267 g/mol. The van der Waals surface area contributed by atoms with Gasteiger partial charge in [-0.1, -0.05) is 6.92 Å². The topological polar surface area (TPSA) is 79.5 Å². The lowest BCUT2D eigenvalue weighted by atomic mass is 9.92. The molecule has 1 saturated heterocycles. The number of hydrogen-bond donors (Lipinski definition) is 1. The Bertz CT molecular complexity index is 411. The Hall–Kier alpha value is -1.43. The van der Waals surface area contributed by atoms with Gasteiger partial charge in [-0.2, -0.15) is 0 Å². The zero-order chi connectivity index (χ0) is 13.7. The molecular weight excluding hydrogens is 246 g/mol. The summed E-state index contributed by atoms with van der Waals surface area (Å²) in [6, 6.07) is 0. The summed E-state index contributed by atoms with van der Waals surface area (Å²) >= 11 is 0. The van der Waals surface area contributed by atoms with Crippen molar-refractivity contribution in [1.29, 1.82) is 0 Å². The van der Waals surface area contributed by atoms with Gasteiger partial charge >= 0.3 is 5.97 Å². The summed E-state index contributed by atoms with van der Waals surface area (Å²) in [4.78, 5) is 12.8. The van der Waals surface area contributed by atoms with Crippen LogP contribution in [-0.4, -0.2) is 39.3 Å². The summed E-state index contributed by atoms with van der Waals surface area (Å²) < 4.78 is 5.50. The molecular formula is C13H21N3O3. The van der Waals surface area contributed by atoms with Crippen molar-refractivity contribution in [2.75, 3.05) is 13.1 Å². The van der Waals surface area contributed by atoms with Gasteiger partial charge in [0.25, 0.3) is 0 Å². The molecule has 0 unspecified atom stereocenters. The molecule has 19 heavy (non-hydrogen) atoms. The van der Waals surface area contributed by atoms with Gasteiger partial charge in [-0.25, -0.2) is 0 Å². The molecule has 2 heterocycles. The molecule has 0 saturated carbocycles. The zero-order valence-electron chi connectivity index (χ0n) is 11.3. The van der Waals surface area contributed by atoms with E-state index in [1.807, 2.05) is 6.92 Å². The van der Waals surface area contributed by atoms with E-state index in [2.05, 4.69) is 15.1 Å². The second-order valence-corrected chi connectivity index (χ2v) is 5.10. The number of nitrogens with zero attached hydrogens (tertiary/aromatic N) is 3. The van der Waals surface area contributed by atoms with E-state index in [0.29, 0.717) is 24.2 Å². The average molecular weight is 267 g/mol. The number of carboxylic acid groups (broad SMARTS) is 1. The maximum absolute atomic E-state index is 10.5. The highest BCUT2D eigenvalue weighted by Gasteiger charge is 2.21. The molecule has 6 nitrogen and oxygen atoms in total. The van der Waals surface area contributed by atoms with Crippen LogP contribution in [0.5, 0.6) is 0 Å². The standard InChI is InChI=1S/C13H21N3O3/c1-2-11-14-15-12(19-11)9-16-7-5-10(6-8-16)3-4-13(17)18/h10H,2-9H2,1H3,(H,17,18). The fourth-order valence-corrected chi connectivity index (χ4v) is 2.45. The van der Waals surface area contributed by atoms with Gasteiger partial charge in [-0.05, 0) is 38.3 Å². The molecule has 2 rings (SSSR count). The first kappa shape index (κ1) is 14.0. The van der Waals surface area contributed by atoms with Crippen molar-refractivity contribution < 1.29 is 14.3 Å². The first-order valence-electron chi connectivity index (χ1n) is 6.92. The van der Waals surface area contributed by atoms with E-state index >= 15 is 0 Å². The van der Waals surface area contributed by atoms with Crippen molar-refractivity contribution in [3.8, 4) is 0 Å². The lowest BCUT2D eigenvalue weighted by molar-refractivity contribution is -0.137. The zero-order valence-corrected chi connectivity index (χ0v) is 11.3. The highest BCUT2D eigenvalue weighted by molar-refractivity contribution is 5.66. The van der Waals surface area contributed by atoms with Gasteiger partial charge in [0.1, 0.15) is 0 Å². The minimum Gasteiger partial charge on any atom is -0.481 e. The molecule has 0 aliphatic carbocycles.